The molecule has 1 atom stereocenters. The van der Waals surface area contributed by atoms with E-state index in [0.29, 0.717) is 17.7 Å². The Hall–Kier alpha value is -1.71. The number of nitrogens with one attached hydrogen (secondary N) is 1. The van der Waals surface area contributed by atoms with Crippen LogP contribution >= 0.6 is 11.8 Å². The quantitative estimate of drug-likeness (QED) is 0.349. The Kier molecular flexibility index (Phi) is 15.3. The third-order valence-corrected chi connectivity index (χ3v) is 8.39. The fourth-order valence-electron chi connectivity index (χ4n) is 5.46. The number of thioether (sulfide) groups is 1. The van der Waals surface area contributed by atoms with Crippen LogP contribution < -0.4 is 29.3 Å². The SMILES string of the molecule is CCCCN(CCc1ccc(C(=O)NC(CCSC)C(=O)[O-])c(-c2ccccc2C)c1)CC1CCCCC1.[Li+]. The van der Waals surface area contributed by atoms with Crippen molar-refractivity contribution in [3.63, 3.8) is 0 Å². The minimum atomic E-state index is -1.24. The molecule has 1 fully saturated rings. The van der Waals surface area contributed by atoms with Crippen molar-refractivity contribution in [3.8, 4) is 11.1 Å². The molecule has 2 aromatic rings. The number of amides is 1. The Labute approximate surface area is 252 Å². The molecule has 0 saturated heterocycles. The molecule has 5 nitrogen and oxygen atoms in total. The van der Waals surface area contributed by atoms with Crippen LogP contribution in [0.4, 0.5) is 0 Å². The molecule has 0 aromatic heterocycles. The average Bonchev–Trinajstić information content (AvgIpc) is 2.93. The molecule has 208 valence electrons. The van der Waals surface area contributed by atoms with Crippen molar-refractivity contribution >= 4 is 23.6 Å². The van der Waals surface area contributed by atoms with Crippen LogP contribution in [0.2, 0.25) is 0 Å². The van der Waals surface area contributed by atoms with Crippen molar-refractivity contribution in [1.82, 2.24) is 10.2 Å². The zero-order chi connectivity index (χ0) is 27.3. The minimum Gasteiger partial charge on any atom is -0.548 e. The van der Waals surface area contributed by atoms with E-state index >= 15 is 0 Å². The molecule has 1 N–H and O–H groups in total. The summed E-state index contributed by atoms with van der Waals surface area (Å²) in [5.74, 6) is -0.159. The number of aliphatic carboxylic acids is 1. The van der Waals surface area contributed by atoms with Gasteiger partial charge in [-0.3, -0.25) is 4.79 Å². The van der Waals surface area contributed by atoms with Crippen LogP contribution in [0, 0.1) is 12.8 Å². The standard InChI is InChI=1S/C32H46N2O3S.Li/c1-4-5-19-34(23-26-12-7-6-8-13-26)20-17-25-15-16-28(29(22-25)27-14-10-9-11-24(27)2)31(35)33-30(32(36)37)18-21-38-3;/h9-11,14-16,22,26,30H,4-8,12-13,17-21,23H2,1-3H3,(H,33,35)(H,36,37);/q;+1/p-1. The number of unbranched alkanes of at least 4 members (excludes halogenated alkanes) is 1. The van der Waals surface area contributed by atoms with Gasteiger partial charge in [0.1, 0.15) is 0 Å². The van der Waals surface area contributed by atoms with E-state index in [1.54, 1.807) is 11.8 Å². The third-order valence-electron chi connectivity index (χ3n) is 7.75. The van der Waals surface area contributed by atoms with Gasteiger partial charge in [0.15, 0.2) is 0 Å². The minimum absolute atomic E-state index is 0. The van der Waals surface area contributed by atoms with E-state index in [9.17, 15) is 14.7 Å². The fourth-order valence-corrected chi connectivity index (χ4v) is 5.93. The molecule has 7 heteroatoms. The van der Waals surface area contributed by atoms with Crippen LogP contribution in [0.5, 0.6) is 0 Å². The molecule has 1 saturated carbocycles. The van der Waals surface area contributed by atoms with Gasteiger partial charge in [-0.05, 0) is 91.8 Å². The molecular formula is C32H45LiN2O3S. The summed E-state index contributed by atoms with van der Waals surface area (Å²) in [6.45, 7) is 7.63. The van der Waals surface area contributed by atoms with Gasteiger partial charge in [0.25, 0.3) is 5.91 Å². The maximum Gasteiger partial charge on any atom is 1.00 e. The van der Waals surface area contributed by atoms with Crippen molar-refractivity contribution in [2.24, 2.45) is 5.92 Å². The first-order chi connectivity index (χ1) is 18.4. The molecule has 2 aromatic carbocycles. The Bertz CT molecular complexity index is 1040. The largest absolute Gasteiger partial charge is 1.00 e. The normalized spacial score (nSPS) is 14.6. The molecule has 3 rings (SSSR count). The fraction of sp³-hybridized carbons (Fsp3) is 0.562. The van der Waals surface area contributed by atoms with Crippen LogP contribution in [0.3, 0.4) is 0 Å². The number of carboxylic acid groups (broad SMARTS) is 1. The smallest absolute Gasteiger partial charge is 0.548 e. The van der Waals surface area contributed by atoms with E-state index in [1.807, 2.05) is 49.6 Å². The second kappa shape index (κ2) is 17.9. The number of aryl methyl sites for hydroxylation is 1. The van der Waals surface area contributed by atoms with Crippen molar-refractivity contribution < 1.29 is 33.6 Å². The molecular weight excluding hydrogens is 499 g/mol. The molecule has 0 heterocycles. The predicted molar refractivity (Wildman–Crippen MR) is 158 cm³/mol. The molecule has 1 aliphatic rings. The van der Waals surface area contributed by atoms with Gasteiger partial charge >= 0.3 is 18.9 Å². The number of nitrogens with zero attached hydrogens (tertiary/aromatic N) is 1. The second-order valence-electron chi connectivity index (χ2n) is 10.7. The first-order valence-electron chi connectivity index (χ1n) is 14.3. The van der Waals surface area contributed by atoms with Gasteiger partial charge in [-0.15, -0.1) is 0 Å². The first kappa shape index (κ1) is 33.5. The molecule has 0 aliphatic heterocycles. The van der Waals surface area contributed by atoms with Crippen molar-refractivity contribution in [3.05, 3.63) is 59.2 Å². The summed E-state index contributed by atoms with van der Waals surface area (Å²) in [5.41, 5.74) is 4.64. The number of benzene rings is 2. The van der Waals surface area contributed by atoms with Crippen LogP contribution in [-0.4, -0.2) is 54.5 Å². The van der Waals surface area contributed by atoms with Gasteiger partial charge in [0.05, 0.1) is 12.0 Å². The van der Waals surface area contributed by atoms with E-state index in [0.717, 1.165) is 42.1 Å². The number of hydrogen-bond donors (Lipinski definition) is 1. The van der Waals surface area contributed by atoms with E-state index in [4.69, 9.17) is 0 Å². The average molecular weight is 545 g/mol. The number of carboxylic acids is 1. The summed E-state index contributed by atoms with van der Waals surface area (Å²) in [6.07, 6.45) is 12.4. The zero-order valence-corrected chi connectivity index (χ0v) is 25.3. The van der Waals surface area contributed by atoms with Gasteiger partial charge in [-0.25, -0.2) is 0 Å². The van der Waals surface area contributed by atoms with Gasteiger partial charge in [0.2, 0.25) is 0 Å². The number of rotatable bonds is 15. The van der Waals surface area contributed by atoms with Gasteiger partial charge in [0, 0.05) is 18.7 Å². The first-order valence-corrected chi connectivity index (χ1v) is 15.7. The van der Waals surface area contributed by atoms with Crippen LogP contribution in [0.1, 0.15) is 79.8 Å². The van der Waals surface area contributed by atoms with Gasteiger partial charge in [-0.1, -0.05) is 69.0 Å². The van der Waals surface area contributed by atoms with E-state index < -0.39 is 12.0 Å². The summed E-state index contributed by atoms with van der Waals surface area (Å²) in [7, 11) is 0. The molecule has 1 unspecified atom stereocenters. The number of carbonyl (C=O) groups excluding carboxylic acids is 2. The summed E-state index contributed by atoms with van der Waals surface area (Å²) in [4.78, 5) is 27.6. The Morgan fingerprint density at radius 2 is 1.82 bits per heavy atom. The Morgan fingerprint density at radius 3 is 2.49 bits per heavy atom. The monoisotopic (exact) mass is 544 g/mol. The maximum atomic E-state index is 13.3. The van der Waals surface area contributed by atoms with E-state index in [-0.39, 0.29) is 24.8 Å². The van der Waals surface area contributed by atoms with Crippen molar-refractivity contribution in [1.29, 1.82) is 0 Å². The Morgan fingerprint density at radius 1 is 1.08 bits per heavy atom. The Balaban J connectivity index is 0.00000533. The molecule has 0 spiro atoms. The summed E-state index contributed by atoms with van der Waals surface area (Å²) < 4.78 is 0. The topological polar surface area (TPSA) is 72.5 Å². The van der Waals surface area contributed by atoms with Gasteiger partial charge < -0.3 is 20.1 Å². The van der Waals surface area contributed by atoms with Crippen molar-refractivity contribution in [2.75, 3.05) is 31.6 Å². The van der Waals surface area contributed by atoms with Crippen molar-refractivity contribution in [2.45, 2.75) is 77.7 Å². The van der Waals surface area contributed by atoms with Crippen LogP contribution in [-0.2, 0) is 11.2 Å². The van der Waals surface area contributed by atoms with Crippen LogP contribution in [0.15, 0.2) is 42.5 Å². The van der Waals surface area contributed by atoms with Crippen LogP contribution in [0.25, 0.3) is 11.1 Å². The third kappa shape index (κ3) is 10.7. The maximum absolute atomic E-state index is 13.3. The molecule has 39 heavy (non-hydrogen) atoms. The number of carbonyl (C=O) groups is 2. The zero-order valence-electron chi connectivity index (χ0n) is 24.5. The summed E-state index contributed by atoms with van der Waals surface area (Å²) >= 11 is 1.55. The molecule has 1 aliphatic carbocycles. The molecule has 1 amide bonds. The van der Waals surface area contributed by atoms with Gasteiger partial charge in [-0.2, -0.15) is 11.8 Å². The summed E-state index contributed by atoms with van der Waals surface area (Å²) in [5, 5.41) is 14.4. The molecule has 0 bridgehead atoms. The summed E-state index contributed by atoms with van der Waals surface area (Å²) in [6, 6.07) is 13.1. The van der Waals surface area contributed by atoms with E-state index in [1.165, 1.54) is 57.1 Å². The second-order valence-corrected chi connectivity index (χ2v) is 11.7. The number of hydrogen-bond acceptors (Lipinski definition) is 5. The van der Waals surface area contributed by atoms with E-state index in [2.05, 4.69) is 23.2 Å². The molecule has 0 radical (unpaired) electrons. The predicted octanol–water partition coefficient (Wildman–Crippen LogP) is 2.49.